The van der Waals surface area contributed by atoms with E-state index in [1.54, 1.807) is 12.4 Å². The molecule has 5 nitrogen and oxygen atoms in total. The van der Waals surface area contributed by atoms with Crippen molar-refractivity contribution in [3.63, 3.8) is 0 Å². The zero-order valence-electron chi connectivity index (χ0n) is 11.2. The van der Waals surface area contributed by atoms with Crippen LogP contribution in [-0.4, -0.2) is 22.0 Å². The number of hydrogen-bond acceptors (Lipinski definition) is 3. The number of carboxylic acid groups (broad SMARTS) is 1. The highest BCUT2D eigenvalue weighted by Crippen LogP contribution is 2.52. The second-order valence-electron chi connectivity index (χ2n) is 5.80. The van der Waals surface area contributed by atoms with Gasteiger partial charge in [-0.3, -0.25) is 14.6 Å². The number of aromatic nitrogens is 1. The quantitative estimate of drug-likeness (QED) is 0.871. The van der Waals surface area contributed by atoms with Crippen LogP contribution in [0.3, 0.4) is 0 Å². The lowest BCUT2D eigenvalue weighted by Gasteiger charge is -2.27. The lowest BCUT2D eigenvalue weighted by molar-refractivity contribution is -0.149. The Morgan fingerprint density at radius 2 is 1.85 bits per heavy atom. The fourth-order valence-corrected chi connectivity index (χ4v) is 3.83. The summed E-state index contributed by atoms with van der Waals surface area (Å²) in [5, 5.41) is 12.2. The second kappa shape index (κ2) is 5.23. The molecule has 2 saturated carbocycles. The average Bonchev–Trinajstić information content (AvgIpc) is 3.06. The van der Waals surface area contributed by atoms with Crippen LogP contribution in [0.15, 0.2) is 24.5 Å². The summed E-state index contributed by atoms with van der Waals surface area (Å²) < 4.78 is 0. The van der Waals surface area contributed by atoms with Crippen LogP contribution < -0.4 is 5.32 Å². The van der Waals surface area contributed by atoms with E-state index >= 15 is 0 Å². The SMILES string of the molecule is O=C(O)[C@H]1[C@@H]2CC[C@@H](C2)[C@@H]1C(=O)NCc1ccncc1. The van der Waals surface area contributed by atoms with Crippen LogP contribution in [0, 0.1) is 23.7 Å². The number of nitrogens with zero attached hydrogens (tertiary/aromatic N) is 1. The molecular formula is C15H18N2O3. The van der Waals surface area contributed by atoms with E-state index in [2.05, 4.69) is 10.3 Å². The summed E-state index contributed by atoms with van der Waals surface area (Å²) in [4.78, 5) is 27.7. The van der Waals surface area contributed by atoms with Crippen LogP contribution in [0.4, 0.5) is 0 Å². The monoisotopic (exact) mass is 274 g/mol. The summed E-state index contributed by atoms with van der Waals surface area (Å²) in [5.74, 6) is -1.34. The Morgan fingerprint density at radius 1 is 1.20 bits per heavy atom. The van der Waals surface area contributed by atoms with Gasteiger partial charge in [0.2, 0.25) is 5.91 Å². The first-order valence-electron chi connectivity index (χ1n) is 7.06. The van der Waals surface area contributed by atoms with Crippen molar-refractivity contribution in [3.05, 3.63) is 30.1 Å². The van der Waals surface area contributed by atoms with E-state index < -0.39 is 11.9 Å². The molecule has 1 amide bonds. The number of carbonyl (C=O) groups excluding carboxylic acids is 1. The predicted octanol–water partition coefficient (Wildman–Crippen LogP) is 1.44. The molecule has 1 heterocycles. The molecule has 2 aliphatic rings. The van der Waals surface area contributed by atoms with E-state index in [4.69, 9.17) is 0 Å². The van der Waals surface area contributed by atoms with Crippen molar-refractivity contribution in [1.29, 1.82) is 0 Å². The number of amides is 1. The largest absolute Gasteiger partial charge is 0.481 e. The Morgan fingerprint density at radius 3 is 2.50 bits per heavy atom. The average molecular weight is 274 g/mol. The van der Waals surface area contributed by atoms with Crippen LogP contribution in [0.1, 0.15) is 24.8 Å². The van der Waals surface area contributed by atoms with E-state index in [0.717, 1.165) is 24.8 Å². The number of rotatable bonds is 4. The molecule has 2 bridgehead atoms. The van der Waals surface area contributed by atoms with Crippen molar-refractivity contribution in [2.75, 3.05) is 0 Å². The van der Waals surface area contributed by atoms with Crippen molar-refractivity contribution in [2.24, 2.45) is 23.7 Å². The molecule has 0 saturated heterocycles. The lowest BCUT2D eigenvalue weighted by Crippen LogP contribution is -2.41. The summed E-state index contributed by atoms with van der Waals surface area (Å²) in [7, 11) is 0. The third-order valence-corrected chi connectivity index (χ3v) is 4.72. The van der Waals surface area contributed by atoms with Crippen LogP contribution >= 0.6 is 0 Å². The fraction of sp³-hybridized carbons (Fsp3) is 0.533. The first kappa shape index (κ1) is 13.1. The van der Waals surface area contributed by atoms with Gasteiger partial charge in [-0.2, -0.15) is 0 Å². The molecule has 4 atom stereocenters. The summed E-state index contributed by atoms with van der Waals surface area (Å²) in [6, 6.07) is 3.69. The van der Waals surface area contributed by atoms with E-state index in [1.165, 1.54) is 0 Å². The number of pyridine rings is 1. The van der Waals surface area contributed by atoms with Crippen LogP contribution in [0.5, 0.6) is 0 Å². The third-order valence-electron chi connectivity index (χ3n) is 4.72. The second-order valence-corrected chi connectivity index (χ2v) is 5.80. The van der Waals surface area contributed by atoms with Gasteiger partial charge in [-0.15, -0.1) is 0 Å². The Kier molecular flexibility index (Phi) is 3.42. The summed E-state index contributed by atoms with van der Waals surface area (Å²) in [5.41, 5.74) is 0.975. The summed E-state index contributed by atoms with van der Waals surface area (Å²) >= 11 is 0. The minimum absolute atomic E-state index is 0.110. The standard InChI is InChI=1S/C15H18N2O3/c18-14(17-8-9-3-5-16-6-4-9)12-10-1-2-11(7-10)13(12)15(19)20/h3-6,10-13H,1-2,7-8H2,(H,17,18)(H,19,20)/t10-,11+,12-,13-/m0/s1. The van der Waals surface area contributed by atoms with E-state index in [-0.39, 0.29) is 23.7 Å². The highest BCUT2D eigenvalue weighted by Gasteiger charge is 2.53. The molecule has 2 aliphatic carbocycles. The Bertz CT molecular complexity index is 517. The first-order valence-corrected chi connectivity index (χ1v) is 7.06. The third kappa shape index (κ3) is 2.28. The minimum atomic E-state index is -0.818. The van der Waals surface area contributed by atoms with Gasteiger partial charge in [0.15, 0.2) is 0 Å². The highest BCUT2D eigenvalue weighted by molar-refractivity contribution is 5.86. The number of carboxylic acids is 1. The van der Waals surface area contributed by atoms with Crippen molar-refractivity contribution in [2.45, 2.75) is 25.8 Å². The molecule has 5 heteroatoms. The molecular weight excluding hydrogens is 256 g/mol. The van der Waals surface area contributed by atoms with Gasteiger partial charge in [-0.25, -0.2) is 0 Å². The number of nitrogens with one attached hydrogen (secondary N) is 1. The minimum Gasteiger partial charge on any atom is -0.481 e. The summed E-state index contributed by atoms with van der Waals surface area (Å²) in [6.45, 7) is 0.432. The number of hydrogen-bond donors (Lipinski definition) is 2. The maximum absolute atomic E-state index is 12.3. The van der Waals surface area contributed by atoms with Crippen molar-refractivity contribution >= 4 is 11.9 Å². The number of aliphatic carboxylic acids is 1. The van der Waals surface area contributed by atoms with Gasteiger partial charge < -0.3 is 10.4 Å². The molecule has 0 unspecified atom stereocenters. The lowest BCUT2D eigenvalue weighted by atomic mass is 9.78. The van der Waals surface area contributed by atoms with Crippen LogP contribution in [-0.2, 0) is 16.1 Å². The van der Waals surface area contributed by atoms with Gasteiger partial charge in [-0.05, 0) is 48.8 Å². The highest BCUT2D eigenvalue weighted by atomic mass is 16.4. The van der Waals surface area contributed by atoms with Gasteiger partial charge in [0.05, 0.1) is 11.8 Å². The van der Waals surface area contributed by atoms with Crippen molar-refractivity contribution in [1.82, 2.24) is 10.3 Å². The van der Waals surface area contributed by atoms with E-state index in [9.17, 15) is 14.7 Å². The fourth-order valence-electron chi connectivity index (χ4n) is 3.83. The van der Waals surface area contributed by atoms with Gasteiger partial charge in [-0.1, -0.05) is 0 Å². The predicted molar refractivity (Wildman–Crippen MR) is 71.5 cm³/mol. The molecule has 0 radical (unpaired) electrons. The molecule has 106 valence electrons. The molecule has 2 N–H and O–H groups in total. The Labute approximate surface area is 117 Å². The smallest absolute Gasteiger partial charge is 0.307 e. The molecule has 1 aromatic rings. The van der Waals surface area contributed by atoms with E-state index in [1.807, 2.05) is 12.1 Å². The molecule has 0 aliphatic heterocycles. The maximum Gasteiger partial charge on any atom is 0.307 e. The first-order chi connectivity index (χ1) is 9.66. The topological polar surface area (TPSA) is 79.3 Å². The van der Waals surface area contributed by atoms with Crippen LogP contribution in [0.25, 0.3) is 0 Å². The molecule has 0 aromatic carbocycles. The molecule has 0 spiro atoms. The summed E-state index contributed by atoms with van der Waals surface area (Å²) in [6.07, 6.45) is 6.19. The molecule has 1 aromatic heterocycles. The Hall–Kier alpha value is -1.91. The van der Waals surface area contributed by atoms with Crippen molar-refractivity contribution < 1.29 is 14.7 Å². The molecule has 2 fully saturated rings. The van der Waals surface area contributed by atoms with Crippen molar-refractivity contribution in [3.8, 4) is 0 Å². The van der Waals surface area contributed by atoms with Gasteiger partial charge in [0, 0.05) is 18.9 Å². The number of carbonyl (C=O) groups is 2. The van der Waals surface area contributed by atoms with Gasteiger partial charge in [0.25, 0.3) is 0 Å². The van der Waals surface area contributed by atoms with Crippen LogP contribution in [0.2, 0.25) is 0 Å². The molecule has 20 heavy (non-hydrogen) atoms. The van der Waals surface area contributed by atoms with Gasteiger partial charge >= 0.3 is 5.97 Å². The Balaban J connectivity index is 1.66. The number of fused-ring (bicyclic) bond motifs is 2. The molecule has 3 rings (SSSR count). The van der Waals surface area contributed by atoms with Gasteiger partial charge in [0.1, 0.15) is 0 Å². The maximum atomic E-state index is 12.3. The zero-order chi connectivity index (χ0) is 14.1. The van der Waals surface area contributed by atoms with E-state index in [0.29, 0.717) is 6.54 Å². The zero-order valence-corrected chi connectivity index (χ0v) is 11.2. The normalized spacial score (nSPS) is 31.2.